The van der Waals surface area contributed by atoms with E-state index in [0.717, 1.165) is 11.3 Å². The number of aryl methyl sites for hydroxylation is 1. The van der Waals surface area contributed by atoms with Gasteiger partial charge in [-0.1, -0.05) is 30.3 Å². The van der Waals surface area contributed by atoms with Crippen LogP contribution in [0, 0.1) is 5.92 Å². The number of amides is 3. The second kappa shape index (κ2) is 13.0. The Morgan fingerprint density at radius 1 is 1.32 bits per heavy atom. The molecule has 4 rings (SSSR count). The molecule has 11 heteroatoms. The van der Waals surface area contributed by atoms with Gasteiger partial charge in [0, 0.05) is 49.6 Å². The first kappa shape index (κ1) is 27.7. The van der Waals surface area contributed by atoms with E-state index in [1.165, 1.54) is 4.88 Å². The Morgan fingerprint density at radius 2 is 2.11 bits per heavy atom. The third kappa shape index (κ3) is 6.97. The first-order valence-corrected chi connectivity index (χ1v) is 13.8. The van der Waals surface area contributed by atoms with Crippen molar-refractivity contribution in [2.24, 2.45) is 5.92 Å². The molecule has 3 heterocycles. The average molecular weight is 541 g/mol. The lowest BCUT2D eigenvalue weighted by Crippen LogP contribution is -2.48. The van der Waals surface area contributed by atoms with Crippen molar-refractivity contribution in [2.75, 3.05) is 32.1 Å². The Morgan fingerprint density at radius 3 is 2.82 bits per heavy atom. The molecular formula is C27H36N6O4S. The summed E-state index contributed by atoms with van der Waals surface area (Å²) in [4.78, 5) is 30.6. The second-order valence-corrected chi connectivity index (χ2v) is 10.8. The highest BCUT2D eigenvalue weighted by Crippen LogP contribution is 2.26. The summed E-state index contributed by atoms with van der Waals surface area (Å²) in [6.07, 6.45) is 2.29. The zero-order chi connectivity index (χ0) is 27.1. The van der Waals surface area contributed by atoms with Gasteiger partial charge in [0.2, 0.25) is 5.91 Å². The fourth-order valence-corrected chi connectivity index (χ4v) is 5.21. The zero-order valence-corrected chi connectivity index (χ0v) is 22.9. The molecule has 0 radical (unpaired) electrons. The van der Waals surface area contributed by atoms with Crippen LogP contribution in [0.15, 0.2) is 48.0 Å². The van der Waals surface area contributed by atoms with Gasteiger partial charge in [0.25, 0.3) is 0 Å². The van der Waals surface area contributed by atoms with Gasteiger partial charge in [0.15, 0.2) is 0 Å². The second-order valence-electron chi connectivity index (χ2n) is 9.82. The van der Waals surface area contributed by atoms with Gasteiger partial charge in [-0.2, -0.15) is 0 Å². The zero-order valence-electron chi connectivity index (χ0n) is 22.1. The van der Waals surface area contributed by atoms with Crippen LogP contribution in [0.3, 0.4) is 0 Å². The Labute approximate surface area is 227 Å². The SMILES string of the molecule is C[C@H]1CN([C@@H](C)CO)C(=O)CCCn2nncc2CO[C@H]1CN(C)C(=O)Nc1ccc(-c2cccs2)cc1. The van der Waals surface area contributed by atoms with E-state index >= 15 is 0 Å². The van der Waals surface area contributed by atoms with Crippen LogP contribution in [0.1, 0.15) is 32.4 Å². The maximum absolute atomic E-state index is 13.1. The number of likely N-dealkylation sites (N-methyl/N-ethyl adjacent to an activating group) is 1. The minimum absolute atomic E-state index is 0.0171. The van der Waals surface area contributed by atoms with E-state index in [1.807, 2.05) is 49.6 Å². The molecule has 3 amide bonds. The van der Waals surface area contributed by atoms with Gasteiger partial charge in [-0.15, -0.1) is 16.4 Å². The molecule has 2 N–H and O–H groups in total. The summed E-state index contributed by atoms with van der Waals surface area (Å²) < 4.78 is 8.07. The van der Waals surface area contributed by atoms with Crippen molar-refractivity contribution in [3.8, 4) is 10.4 Å². The van der Waals surface area contributed by atoms with Crippen LogP contribution >= 0.6 is 11.3 Å². The molecule has 0 aliphatic carbocycles. The molecular weight excluding hydrogens is 504 g/mol. The number of thiophene rings is 1. The fourth-order valence-electron chi connectivity index (χ4n) is 4.48. The Hall–Kier alpha value is -3.28. The van der Waals surface area contributed by atoms with E-state index in [4.69, 9.17) is 4.74 Å². The maximum atomic E-state index is 13.1. The summed E-state index contributed by atoms with van der Waals surface area (Å²) in [5, 5.41) is 22.9. The van der Waals surface area contributed by atoms with E-state index in [2.05, 4.69) is 21.7 Å². The molecule has 38 heavy (non-hydrogen) atoms. The molecule has 0 fully saturated rings. The summed E-state index contributed by atoms with van der Waals surface area (Å²) in [6.45, 7) is 5.31. The number of nitrogens with one attached hydrogen (secondary N) is 1. The number of aliphatic hydroxyl groups excluding tert-OH is 1. The molecule has 0 saturated carbocycles. The summed E-state index contributed by atoms with van der Waals surface area (Å²) >= 11 is 1.67. The normalized spacial score (nSPS) is 19.7. The average Bonchev–Trinajstić information content (AvgIpc) is 3.61. The van der Waals surface area contributed by atoms with Crippen molar-refractivity contribution < 1.29 is 19.4 Å². The summed E-state index contributed by atoms with van der Waals surface area (Å²) in [7, 11) is 1.73. The van der Waals surface area contributed by atoms with Gasteiger partial charge in [-0.3, -0.25) is 4.79 Å². The molecule has 0 saturated heterocycles. The number of aliphatic hydroxyl groups is 1. The van der Waals surface area contributed by atoms with E-state index in [9.17, 15) is 14.7 Å². The molecule has 1 aliphatic heterocycles. The van der Waals surface area contributed by atoms with Crippen molar-refractivity contribution in [2.45, 2.75) is 52.0 Å². The molecule has 10 nitrogen and oxygen atoms in total. The van der Waals surface area contributed by atoms with Gasteiger partial charge in [-0.05, 0) is 42.5 Å². The number of rotatable bonds is 6. The number of anilines is 1. The highest BCUT2D eigenvalue weighted by molar-refractivity contribution is 7.13. The highest BCUT2D eigenvalue weighted by atomic mass is 32.1. The molecule has 2 aromatic heterocycles. The number of urea groups is 1. The van der Waals surface area contributed by atoms with Crippen LogP contribution < -0.4 is 5.32 Å². The Bertz CT molecular complexity index is 1180. The van der Waals surface area contributed by atoms with Crippen molar-refractivity contribution in [1.82, 2.24) is 24.8 Å². The number of carbonyl (C=O) groups excluding carboxylic acids is 2. The first-order chi connectivity index (χ1) is 18.4. The number of benzene rings is 1. The van der Waals surface area contributed by atoms with E-state index < -0.39 is 0 Å². The van der Waals surface area contributed by atoms with Gasteiger partial charge >= 0.3 is 6.03 Å². The van der Waals surface area contributed by atoms with Gasteiger partial charge in [-0.25, -0.2) is 9.48 Å². The lowest BCUT2D eigenvalue weighted by molar-refractivity contribution is -0.136. The summed E-state index contributed by atoms with van der Waals surface area (Å²) in [5.74, 6) is -0.117. The molecule has 3 aromatic rings. The predicted octanol–water partition coefficient (Wildman–Crippen LogP) is 3.70. The van der Waals surface area contributed by atoms with Crippen molar-refractivity contribution in [3.05, 3.63) is 53.7 Å². The number of hydrogen-bond acceptors (Lipinski definition) is 7. The smallest absolute Gasteiger partial charge is 0.321 e. The maximum Gasteiger partial charge on any atom is 0.321 e. The molecule has 204 valence electrons. The lowest BCUT2D eigenvalue weighted by atomic mass is 10.0. The van der Waals surface area contributed by atoms with Gasteiger partial charge < -0.3 is 25.0 Å². The minimum Gasteiger partial charge on any atom is -0.394 e. The Balaban J connectivity index is 1.45. The third-order valence-electron chi connectivity index (χ3n) is 6.88. The lowest BCUT2D eigenvalue weighted by Gasteiger charge is -2.35. The van der Waals surface area contributed by atoms with Crippen LogP contribution in [0.2, 0.25) is 0 Å². The largest absolute Gasteiger partial charge is 0.394 e. The summed E-state index contributed by atoms with van der Waals surface area (Å²) in [5.41, 5.74) is 2.64. The topological polar surface area (TPSA) is 113 Å². The van der Waals surface area contributed by atoms with E-state index in [1.54, 1.807) is 39.1 Å². The van der Waals surface area contributed by atoms with Gasteiger partial charge in [0.05, 0.1) is 37.3 Å². The monoisotopic (exact) mass is 540 g/mol. The van der Waals surface area contributed by atoms with Crippen molar-refractivity contribution in [3.63, 3.8) is 0 Å². The third-order valence-corrected chi connectivity index (χ3v) is 7.80. The number of hydrogen-bond donors (Lipinski definition) is 2. The fraction of sp³-hybridized carbons (Fsp3) is 0.481. The minimum atomic E-state index is -0.365. The number of aromatic nitrogens is 3. The predicted molar refractivity (Wildman–Crippen MR) is 147 cm³/mol. The van der Waals surface area contributed by atoms with Crippen molar-refractivity contribution in [1.29, 1.82) is 0 Å². The van der Waals surface area contributed by atoms with Gasteiger partial charge in [0.1, 0.15) is 0 Å². The summed E-state index contributed by atoms with van der Waals surface area (Å²) in [6, 6.07) is 11.3. The number of ether oxygens (including phenoxy) is 1. The quantitative estimate of drug-likeness (QED) is 0.493. The number of carbonyl (C=O) groups is 2. The van der Waals surface area contributed by atoms with Crippen LogP contribution in [-0.2, 0) is 22.7 Å². The molecule has 1 aliphatic rings. The van der Waals surface area contributed by atoms with Crippen LogP contribution in [-0.4, -0.2) is 80.7 Å². The molecule has 1 aromatic carbocycles. The van der Waals surface area contributed by atoms with Crippen molar-refractivity contribution >= 4 is 29.0 Å². The molecule has 3 atom stereocenters. The van der Waals surface area contributed by atoms with Crippen LogP contribution in [0.4, 0.5) is 10.5 Å². The van der Waals surface area contributed by atoms with Crippen LogP contribution in [0.5, 0.6) is 0 Å². The first-order valence-electron chi connectivity index (χ1n) is 12.9. The molecule has 0 spiro atoms. The highest BCUT2D eigenvalue weighted by Gasteiger charge is 2.29. The molecule has 0 unspecified atom stereocenters. The van der Waals surface area contributed by atoms with E-state index in [-0.39, 0.29) is 36.6 Å². The van der Waals surface area contributed by atoms with Crippen LogP contribution in [0.25, 0.3) is 10.4 Å². The molecule has 0 bridgehead atoms. The number of nitrogens with zero attached hydrogens (tertiary/aromatic N) is 5. The van der Waals surface area contributed by atoms with E-state index in [0.29, 0.717) is 44.8 Å². The Kier molecular flexibility index (Phi) is 9.48. The standard InChI is InChI=1S/C27H36N6O4S/c1-19-15-32(20(2)17-34)26(35)7-4-12-33-23(14-28-30-33)18-37-24(19)16-31(3)27(36)29-22-10-8-21(9-11-22)25-6-5-13-38-25/h5-6,8-11,13-14,19-20,24,34H,4,7,12,15-18H2,1-3H3,(H,29,36)/t19-,20-,24-/m0/s1. The number of fused-ring (bicyclic) bond motifs is 1.